The minimum atomic E-state index is -3.82. The monoisotopic (exact) mass is 430 g/mol. The molecule has 0 saturated heterocycles. The average molecular weight is 431 g/mol. The van der Waals surface area contributed by atoms with Gasteiger partial charge in [-0.05, 0) is 48.4 Å². The van der Waals surface area contributed by atoms with Gasteiger partial charge in [0.25, 0.3) is 15.9 Å². The molecule has 0 aliphatic rings. The number of benzene rings is 4. The van der Waals surface area contributed by atoms with Gasteiger partial charge in [0.05, 0.1) is 4.90 Å². The number of aryl methyl sites for hydroxylation is 1. The number of nitrogens with one attached hydrogen (secondary N) is 2. The van der Waals surface area contributed by atoms with E-state index < -0.39 is 10.0 Å². The number of carbonyl (C=O) groups is 1. The van der Waals surface area contributed by atoms with Crippen LogP contribution in [0.15, 0.2) is 95.9 Å². The van der Waals surface area contributed by atoms with Gasteiger partial charge in [0.1, 0.15) is 0 Å². The SMILES string of the molecule is CCc1ccc(NS(=O)(=O)c2cccc3c(NC(=O)c4ccccc4)cccc23)cc1. The maximum absolute atomic E-state index is 13.1. The fourth-order valence-electron chi connectivity index (χ4n) is 3.43. The zero-order valence-corrected chi connectivity index (χ0v) is 17.8. The first-order valence-electron chi connectivity index (χ1n) is 9.98. The fourth-order valence-corrected chi connectivity index (χ4v) is 4.71. The van der Waals surface area contributed by atoms with E-state index in [9.17, 15) is 13.2 Å². The smallest absolute Gasteiger partial charge is 0.262 e. The first-order valence-corrected chi connectivity index (χ1v) is 11.5. The van der Waals surface area contributed by atoms with Crippen LogP contribution in [0.2, 0.25) is 0 Å². The average Bonchev–Trinajstić information content (AvgIpc) is 2.79. The largest absolute Gasteiger partial charge is 0.321 e. The van der Waals surface area contributed by atoms with Crippen LogP contribution in [0.4, 0.5) is 11.4 Å². The molecule has 0 heterocycles. The molecule has 0 fully saturated rings. The molecule has 0 saturated carbocycles. The van der Waals surface area contributed by atoms with Gasteiger partial charge in [0, 0.05) is 27.7 Å². The third-order valence-electron chi connectivity index (χ3n) is 5.07. The van der Waals surface area contributed by atoms with E-state index in [0.717, 1.165) is 12.0 Å². The van der Waals surface area contributed by atoms with E-state index in [-0.39, 0.29) is 10.8 Å². The molecular formula is C25H22N2O3S. The van der Waals surface area contributed by atoms with Crippen molar-refractivity contribution < 1.29 is 13.2 Å². The summed E-state index contributed by atoms with van der Waals surface area (Å²) in [6, 6.07) is 26.5. The van der Waals surface area contributed by atoms with E-state index in [1.165, 1.54) is 0 Å². The molecule has 0 atom stereocenters. The van der Waals surface area contributed by atoms with Crippen LogP contribution in [0, 0.1) is 0 Å². The van der Waals surface area contributed by atoms with Crippen molar-refractivity contribution in [2.45, 2.75) is 18.2 Å². The highest BCUT2D eigenvalue weighted by atomic mass is 32.2. The van der Waals surface area contributed by atoms with Gasteiger partial charge in [0.15, 0.2) is 0 Å². The van der Waals surface area contributed by atoms with E-state index >= 15 is 0 Å². The molecule has 0 bridgehead atoms. The lowest BCUT2D eigenvalue weighted by molar-refractivity contribution is 0.102. The Morgan fingerprint density at radius 1 is 0.774 bits per heavy atom. The lowest BCUT2D eigenvalue weighted by atomic mass is 10.1. The lowest BCUT2D eigenvalue weighted by Crippen LogP contribution is -2.14. The van der Waals surface area contributed by atoms with Crippen LogP contribution in [0.25, 0.3) is 10.8 Å². The van der Waals surface area contributed by atoms with Crippen molar-refractivity contribution in [2.24, 2.45) is 0 Å². The summed E-state index contributed by atoms with van der Waals surface area (Å²) >= 11 is 0. The molecule has 0 radical (unpaired) electrons. The zero-order chi connectivity index (χ0) is 21.8. The normalized spacial score (nSPS) is 11.3. The number of sulfonamides is 1. The van der Waals surface area contributed by atoms with Crippen LogP contribution in [-0.4, -0.2) is 14.3 Å². The van der Waals surface area contributed by atoms with Gasteiger partial charge in [-0.3, -0.25) is 9.52 Å². The lowest BCUT2D eigenvalue weighted by Gasteiger charge is -2.13. The van der Waals surface area contributed by atoms with Crippen LogP contribution in [0.1, 0.15) is 22.8 Å². The molecule has 0 aliphatic heterocycles. The summed E-state index contributed by atoms with van der Waals surface area (Å²) in [6.45, 7) is 2.05. The van der Waals surface area contributed by atoms with Crippen LogP contribution >= 0.6 is 0 Å². The van der Waals surface area contributed by atoms with E-state index in [1.807, 2.05) is 25.1 Å². The molecule has 1 amide bonds. The molecule has 4 rings (SSSR count). The number of anilines is 2. The summed E-state index contributed by atoms with van der Waals surface area (Å²) in [7, 11) is -3.82. The van der Waals surface area contributed by atoms with Gasteiger partial charge in [-0.15, -0.1) is 0 Å². The first-order chi connectivity index (χ1) is 15.0. The van der Waals surface area contributed by atoms with Gasteiger partial charge >= 0.3 is 0 Å². The van der Waals surface area contributed by atoms with Crippen LogP contribution in [-0.2, 0) is 16.4 Å². The van der Waals surface area contributed by atoms with Crippen molar-refractivity contribution >= 4 is 38.1 Å². The molecule has 31 heavy (non-hydrogen) atoms. The van der Waals surface area contributed by atoms with Crippen LogP contribution < -0.4 is 10.0 Å². The summed E-state index contributed by atoms with van der Waals surface area (Å²) in [4.78, 5) is 12.7. The summed E-state index contributed by atoms with van der Waals surface area (Å²) < 4.78 is 28.9. The fraction of sp³-hybridized carbons (Fsp3) is 0.0800. The van der Waals surface area contributed by atoms with Gasteiger partial charge in [0.2, 0.25) is 0 Å². The van der Waals surface area contributed by atoms with Gasteiger partial charge in [-0.25, -0.2) is 8.42 Å². The van der Waals surface area contributed by atoms with Gasteiger partial charge in [-0.2, -0.15) is 0 Å². The zero-order valence-electron chi connectivity index (χ0n) is 17.0. The van der Waals surface area contributed by atoms with E-state index in [1.54, 1.807) is 72.8 Å². The van der Waals surface area contributed by atoms with Gasteiger partial charge < -0.3 is 5.32 Å². The highest BCUT2D eigenvalue weighted by Crippen LogP contribution is 2.30. The Morgan fingerprint density at radius 2 is 1.45 bits per heavy atom. The van der Waals surface area contributed by atoms with Crippen molar-refractivity contribution in [1.82, 2.24) is 0 Å². The Hall–Kier alpha value is -3.64. The number of rotatable bonds is 6. The summed E-state index contributed by atoms with van der Waals surface area (Å²) in [5.74, 6) is -0.254. The Morgan fingerprint density at radius 3 is 2.16 bits per heavy atom. The molecule has 4 aromatic rings. The van der Waals surface area contributed by atoms with Crippen LogP contribution in [0.5, 0.6) is 0 Å². The molecule has 156 valence electrons. The summed E-state index contributed by atoms with van der Waals surface area (Å²) in [5.41, 5.74) is 2.71. The Kier molecular flexibility index (Phi) is 5.73. The number of hydrogen-bond donors (Lipinski definition) is 2. The predicted molar refractivity (Wildman–Crippen MR) is 125 cm³/mol. The second-order valence-corrected chi connectivity index (χ2v) is 8.78. The number of fused-ring (bicyclic) bond motifs is 1. The summed E-state index contributed by atoms with van der Waals surface area (Å²) in [6.07, 6.45) is 0.883. The van der Waals surface area contributed by atoms with E-state index in [4.69, 9.17) is 0 Å². The van der Waals surface area contributed by atoms with Crippen molar-refractivity contribution in [2.75, 3.05) is 10.0 Å². The number of hydrogen-bond acceptors (Lipinski definition) is 3. The molecule has 4 aromatic carbocycles. The number of amides is 1. The molecule has 0 aromatic heterocycles. The van der Waals surface area contributed by atoms with Crippen molar-refractivity contribution in [1.29, 1.82) is 0 Å². The minimum Gasteiger partial charge on any atom is -0.321 e. The topological polar surface area (TPSA) is 75.3 Å². The molecule has 2 N–H and O–H groups in total. The quantitative estimate of drug-likeness (QED) is 0.427. The Balaban J connectivity index is 1.69. The third kappa shape index (κ3) is 4.44. The molecule has 5 nitrogen and oxygen atoms in total. The molecule has 0 unspecified atom stereocenters. The highest BCUT2D eigenvalue weighted by Gasteiger charge is 2.19. The van der Waals surface area contributed by atoms with E-state index in [2.05, 4.69) is 10.0 Å². The van der Waals surface area contributed by atoms with E-state index in [0.29, 0.717) is 27.7 Å². The van der Waals surface area contributed by atoms with Gasteiger partial charge in [-0.1, -0.05) is 61.5 Å². The molecule has 6 heteroatoms. The van der Waals surface area contributed by atoms with Crippen LogP contribution in [0.3, 0.4) is 0 Å². The highest BCUT2D eigenvalue weighted by molar-refractivity contribution is 7.93. The third-order valence-corrected chi connectivity index (χ3v) is 6.51. The van der Waals surface area contributed by atoms with Crippen molar-refractivity contribution in [3.63, 3.8) is 0 Å². The molecule has 0 spiro atoms. The molecular weight excluding hydrogens is 408 g/mol. The standard InChI is InChI=1S/C25H22N2O3S/c1-2-18-14-16-20(17-15-18)27-31(29,30)24-13-7-10-21-22(24)11-6-12-23(21)26-25(28)19-8-4-3-5-9-19/h3-17,27H,2H2,1H3,(H,26,28). The maximum Gasteiger partial charge on any atom is 0.262 e. The maximum atomic E-state index is 13.1. The first kappa shape index (κ1) is 20.6. The summed E-state index contributed by atoms with van der Waals surface area (Å²) in [5, 5.41) is 4.07. The van der Waals surface area contributed by atoms with Crippen molar-refractivity contribution in [3.05, 3.63) is 102 Å². The Labute approximate surface area is 181 Å². The Bertz CT molecular complexity index is 1330. The molecule has 0 aliphatic carbocycles. The minimum absolute atomic E-state index is 0.153. The second kappa shape index (κ2) is 8.62. The number of carbonyl (C=O) groups excluding carboxylic acids is 1. The second-order valence-electron chi connectivity index (χ2n) is 7.13. The predicted octanol–water partition coefficient (Wildman–Crippen LogP) is 5.46. The van der Waals surface area contributed by atoms with Crippen molar-refractivity contribution in [3.8, 4) is 0 Å².